The van der Waals surface area contributed by atoms with E-state index in [1.807, 2.05) is 6.07 Å². The number of para-hydroxylation sites is 1. The van der Waals surface area contributed by atoms with Crippen molar-refractivity contribution in [2.24, 2.45) is 0 Å². The fourth-order valence-corrected chi connectivity index (χ4v) is 3.58. The van der Waals surface area contributed by atoms with Crippen LogP contribution in [0.4, 0.5) is 18.9 Å². The van der Waals surface area contributed by atoms with E-state index >= 15 is 0 Å². The number of unbranched alkanes of at least 4 members (excludes halogenated alkanes) is 1. The Morgan fingerprint density at radius 3 is 2.05 bits per heavy atom. The van der Waals surface area contributed by atoms with Gasteiger partial charge in [-0.25, -0.2) is 0 Å². The number of nitrogens with zero attached hydrogens (tertiary/aromatic N) is 1. The number of nitro benzene ring substituents is 1. The molecule has 37 heavy (non-hydrogen) atoms. The van der Waals surface area contributed by atoms with Gasteiger partial charge in [-0.1, -0.05) is 74.9 Å². The third kappa shape index (κ3) is 8.18. The maximum atomic E-state index is 14.0. The molecule has 0 spiro atoms. The van der Waals surface area contributed by atoms with Gasteiger partial charge >= 0.3 is 6.18 Å². The van der Waals surface area contributed by atoms with Crippen molar-refractivity contribution in [1.82, 2.24) is 0 Å². The minimum atomic E-state index is -5.03. The van der Waals surface area contributed by atoms with Crippen molar-refractivity contribution in [3.8, 4) is 5.75 Å². The smallest absolute Gasteiger partial charge is 0.424 e. The zero-order chi connectivity index (χ0) is 27.5. The van der Waals surface area contributed by atoms with E-state index in [4.69, 9.17) is 4.74 Å². The Balaban J connectivity index is 0.000000510. The van der Waals surface area contributed by atoms with Crippen LogP contribution in [0.25, 0.3) is 5.57 Å². The van der Waals surface area contributed by atoms with Gasteiger partial charge in [0.2, 0.25) is 5.60 Å². The van der Waals surface area contributed by atoms with Crippen molar-refractivity contribution >= 4 is 11.3 Å². The summed E-state index contributed by atoms with van der Waals surface area (Å²) in [6.07, 6.45) is -1.73. The van der Waals surface area contributed by atoms with Crippen LogP contribution >= 0.6 is 0 Å². The minimum Gasteiger partial charge on any atom is -0.490 e. The van der Waals surface area contributed by atoms with Crippen molar-refractivity contribution in [3.63, 3.8) is 0 Å². The van der Waals surface area contributed by atoms with Crippen molar-refractivity contribution < 1.29 is 27.9 Å². The minimum absolute atomic E-state index is 0.0838. The number of alkyl halides is 3. The summed E-state index contributed by atoms with van der Waals surface area (Å²) in [6, 6.07) is 21.9. The molecular formula is C29H32F3NO4. The fourth-order valence-electron chi connectivity index (χ4n) is 3.58. The highest BCUT2D eigenvalue weighted by Gasteiger charge is 2.57. The molecule has 5 nitrogen and oxygen atoms in total. The van der Waals surface area contributed by atoms with Crippen LogP contribution in [0.1, 0.15) is 43.4 Å². The third-order valence-corrected chi connectivity index (χ3v) is 5.70. The summed E-state index contributed by atoms with van der Waals surface area (Å²) in [5.74, 6) is 0.186. The number of ether oxygens (including phenoxy) is 1. The SMILES string of the molecule is CCC/C=C(\c1ccc([N+](=O)[O-])cc1C)C(O)(COc1ccccc1)C(F)(F)F.CCc1ccccc1. The summed E-state index contributed by atoms with van der Waals surface area (Å²) in [7, 11) is 0. The predicted molar refractivity (Wildman–Crippen MR) is 139 cm³/mol. The summed E-state index contributed by atoms with van der Waals surface area (Å²) < 4.78 is 47.4. The first-order chi connectivity index (χ1) is 17.5. The van der Waals surface area contributed by atoms with Gasteiger partial charge in [-0.3, -0.25) is 10.1 Å². The Morgan fingerprint density at radius 1 is 1.00 bits per heavy atom. The lowest BCUT2D eigenvalue weighted by atomic mass is 9.84. The van der Waals surface area contributed by atoms with E-state index < -0.39 is 23.3 Å². The topological polar surface area (TPSA) is 72.6 Å². The average Bonchev–Trinajstić information content (AvgIpc) is 2.89. The first-order valence-corrected chi connectivity index (χ1v) is 12.0. The van der Waals surface area contributed by atoms with E-state index in [0.717, 1.165) is 12.5 Å². The van der Waals surface area contributed by atoms with Crippen molar-refractivity contribution in [2.45, 2.75) is 51.8 Å². The molecule has 1 unspecified atom stereocenters. The molecule has 3 aromatic rings. The molecule has 198 valence electrons. The summed E-state index contributed by atoms with van der Waals surface area (Å²) in [5, 5.41) is 21.8. The standard InChI is InChI=1S/C21H22F3NO4.C8H10/c1-3-4-10-19(18-12-11-16(25(27)28)13-15(18)2)20(26,21(22,23)24)14-29-17-8-6-5-7-9-17;1-2-8-6-4-3-5-7-8/h5-13,26H,3-4,14H2,1-2H3;3-7H,2H2,1H3/b19-10+;. The number of non-ortho nitro benzene ring substituents is 1. The van der Waals surface area contributed by atoms with Crippen LogP contribution in [0.2, 0.25) is 0 Å². The summed E-state index contributed by atoms with van der Waals surface area (Å²) in [6.45, 7) is 4.38. The Bertz CT molecular complexity index is 1160. The monoisotopic (exact) mass is 515 g/mol. The normalized spacial score (nSPS) is 13.2. The Labute approximate surface area is 215 Å². The molecule has 0 bridgehead atoms. The number of allylic oxidation sites excluding steroid dienone is 1. The van der Waals surface area contributed by atoms with Gasteiger partial charge in [0.15, 0.2) is 0 Å². The molecule has 3 rings (SSSR count). The molecule has 8 heteroatoms. The Hall–Kier alpha value is -3.65. The number of aryl methyl sites for hydroxylation is 2. The van der Waals surface area contributed by atoms with E-state index in [9.17, 15) is 28.4 Å². The van der Waals surface area contributed by atoms with Gasteiger partial charge in [-0.05, 0) is 60.2 Å². The predicted octanol–water partition coefficient (Wildman–Crippen LogP) is 7.71. The average molecular weight is 516 g/mol. The van der Waals surface area contributed by atoms with Crippen LogP contribution in [-0.4, -0.2) is 28.4 Å². The molecule has 0 fully saturated rings. The number of nitro groups is 1. The number of halogens is 3. The van der Waals surface area contributed by atoms with E-state index in [-0.39, 0.29) is 34.6 Å². The first-order valence-electron chi connectivity index (χ1n) is 12.0. The number of rotatable bonds is 9. The third-order valence-electron chi connectivity index (χ3n) is 5.70. The molecule has 0 amide bonds. The van der Waals surface area contributed by atoms with Crippen molar-refractivity contribution in [1.29, 1.82) is 0 Å². The van der Waals surface area contributed by atoms with Gasteiger partial charge in [0.05, 0.1) is 4.92 Å². The zero-order valence-corrected chi connectivity index (χ0v) is 21.2. The molecule has 0 saturated heterocycles. The molecule has 0 heterocycles. The number of hydrogen-bond acceptors (Lipinski definition) is 4. The molecule has 3 aromatic carbocycles. The second-order valence-corrected chi connectivity index (χ2v) is 8.46. The van der Waals surface area contributed by atoms with Crippen LogP contribution in [0.15, 0.2) is 84.9 Å². The quantitative estimate of drug-likeness (QED) is 0.234. The lowest BCUT2D eigenvalue weighted by molar-refractivity contribution is -0.384. The highest BCUT2D eigenvalue weighted by Crippen LogP contribution is 2.43. The van der Waals surface area contributed by atoms with Gasteiger partial charge in [0.25, 0.3) is 5.69 Å². The van der Waals surface area contributed by atoms with Gasteiger partial charge in [0.1, 0.15) is 12.4 Å². The van der Waals surface area contributed by atoms with Crippen LogP contribution < -0.4 is 4.74 Å². The molecule has 0 aliphatic heterocycles. The molecule has 1 N–H and O–H groups in total. The van der Waals surface area contributed by atoms with Gasteiger partial charge in [-0.15, -0.1) is 0 Å². The highest BCUT2D eigenvalue weighted by atomic mass is 19.4. The molecule has 0 radical (unpaired) electrons. The Kier molecular flexibility index (Phi) is 10.9. The maximum absolute atomic E-state index is 14.0. The van der Waals surface area contributed by atoms with Crippen molar-refractivity contribution in [2.75, 3.05) is 6.61 Å². The van der Waals surface area contributed by atoms with Crippen LogP contribution in [-0.2, 0) is 6.42 Å². The van der Waals surface area contributed by atoms with E-state index in [1.54, 1.807) is 25.1 Å². The van der Waals surface area contributed by atoms with E-state index in [2.05, 4.69) is 31.2 Å². The summed E-state index contributed by atoms with van der Waals surface area (Å²) >= 11 is 0. The number of benzene rings is 3. The molecule has 0 aromatic heterocycles. The van der Waals surface area contributed by atoms with Crippen LogP contribution in [0, 0.1) is 17.0 Å². The second-order valence-electron chi connectivity index (χ2n) is 8.46. The molecule has 0 saturated carbocycles. The van der Waals surface area contributed by atoms with Gasteiger partial charge < -0.3 is 9.84 Å². The second kappa shape index (κ2) is 13.6. The van der Waals surface area contributed by atoms with Crippen LogP contribution in [0.3, 0.4) is 0 Å². The molecule has 1 atom stereocenters. The van der Waals surface area contributed by atoms with Gasteiger partial charge in [-0.2, -0.15) is 13.2 Å². The summed E-state index contributed by atoms with van der Waals surface area (Å²) in [4.78, 5) is 10.3. The molecular weight excluding hydrogens is 483 g/mol. The van der Waals surface area contributed by atoms with E-state index in [1.165, 1.54) is 42.8 Å². The zero-order valence-electron chi connectivity index (χ0n) is 21.2. The van der Waals surface area contributed by atoms with Crippen molar-refractivity contribution in [3.05, 3.63) is 112 Å². The fraction of sp³-hybridized carbons (Fsp3) is 0.310. The molecule has 0 aliphatic carbocycles. The van der Waals surface area contributed by atoms with Crippen LogP contribution in [0.5, 0.6) is 5.75 Å². The summed E-state index contributed by atoms with van der Waals surface area (Å²) in [5.41, 5.74) is -2.16. The lowest BCUT2D eigenvalue weighted by Gasteiger charge is -2.33. The van der Waals surface area contributed by atoms with E-state index in [0.29, 0.717) is 6.42 Å². The maximum Gasteiger partial charge on any atom is 0.424 e. The molecule has 0 aliphatic rings. The highest BCUT2D eigenvalue weighted by molar-refractivity contribution is 5.76. The number of hydrogen-bond donors (Lipinski definition) is 1. The largest absolute Gasteiger partial charge is 0.490 e. The Morgan fingerprint density at radius 2 is 1.59 bits per heavy atom. The first kappa shape index (κ1) is 29.6. The lowest BCUT2D eigenvalue weighted by Crippen LogP contribution is -2.51. The van der Waals surface area contributed by atoms with Gasteiger partial charge in [0, 0.05) is 12.1 Å². The number of aliphatic hydroxyl groups is 1.